The van der Waals surface area contributed by atoms with Crippen molar-refractivity contribution in [3.8, 4) is 11.5 Å². The molecule has 0 atom stereocenters. The molecule has 140 valence electrons. The van der Waals surface area contributed by atoms with E-state index in [9.17, 15) is 4.79 Å². The van der Waals surface area contributed by atoms with Crippen molar-refractivity contribution in [1.82, 2.24) is 10.3 Å². The second kappa shape index (κ2) is 8.31. The Morgan fingerprint density at radius 1 is 1.04 bits per heavy atom. The highest BCUT2D eigenvalue weighted by molar-refractivity contribution is 8.00. The van der Waals surface area contributed by atoms with Crippen LogP contribution in [0.25, 0.3) is 22.6 Å². The first kappa shape index (κ1) is 18.3. The van der Waals surface area contributed by atoms with Gasteiger partial charge in [0.2, 0.25) is 11.8 Å². The van der Waals surface area contributed by atoms with Crippen molar-refractivity contribution in [2.45, 2.75) is 18.4 Å². The number of nitrogens with zero attached hydrogens (tertiary/aromatic N) is 1. The minimum absolute atomic E-state index is 0.0206. The lowest BCUT2D eigenvalue weighted by atomic mass is 10.1. The van der Waals surface area contributed by atoms with Crippen LogP contribution in [0.15, 0.2) is 82.1 Å². The molecule has 0 aliphatic rings. The average Bonchev–Trinajstić information content (AvgIpc) is 3.15. The van der Waals surface area contributed by atoms with Gasteiger partial charge in [-0.1, -0.05) is 36.4 Å². The SMILES string of the molecule is Cc1ccc2nc(-c3ccc(CNC(=O)CSc4ccccc4)cc3)oc2c1. The first-order chi connectivity index (χ1) is 13.7. The van der Waals surface area contributed by atoms with E-state index in [0.29, 0.717) is 18.2 Å². The molecular formula is C23H20N2O2S. The summed E-state index contributed by atoms with van der Waals surface area (Å²) < 4.78 is 5.86. The Balaban J connectivity index is 1.34. The van der Waals surface area contributed by atoms with Crippen LogP contribution in [0.5, 0.6) is 0 Å². The molecule has 0 aliphatic carbocycles. The number of thioether (sulfide) groups is 1. The lowest BCUT2D eigenvalue weighted by molar-refractivity contribution is -0.118. The molecule has 3 aromatic carbocycles. The first-order valence-corrected chi connectivity index (χ1v) is 10.1. The summed E-state index contributed by atoms with van der Waals surface area (Å²) in [4.78, 5) is 17.7. The number of benzene rings is 3. The van der Waals surface area contributed by atoms with Crippen LogP contribution in [0, 0.1) is 6.92 Å². The lowest BCUT2D eigenvalue weighted by Crippen LogP contribution is -2.24. The van der Waals surface area contributed by atoms with Crippen molar-refractivity contribution in [3.05, 3.63) is 83.9 Å². The van der Waals surface area contributed by atoms with Gasteiger partial charge in [-0.05, 0) is 54.4 Å². The number of hydrogen-bond acceptors (Lipinski definition) is 4. The zero-order chi connectivity index (χ0) is 19.3. The largest absolute Gasteiger partial charge is 0.436 e. The van der Waals surface area contributed by atoms with E-state index < -0.39 is 0 Å². The quantitative estimate of drug-likeness (QED) is 0.461. The van der Waals surface area contributed by atoms with Crippen LogP contribution in [0.1, 0.15) is 11.1 Å². The highest BCUT2D eigenvalue weighted by atomic mass is 32.2. The molecule has 0 unspecified atom stereocenters. The molecule has 0 bridgehead atoms. The third kappa shape index (κ3) is 4.43. The van der Waals surface area contributed by atoms with Gasteiger partial charge < -0.3 is 9.73 Å². The highest BCUT2D eigenvalue weighted by Gasteiger charge is 2.09. The summed E-state index contributed by atoms with van der Waals surface area (Å²) in [6.07, 6.45) is 0. The molecule has 0 spiro atoms. The summed E-state index contributed by atoms with van der Waals surface area (Å²) in [5.41, 5.74) is 4.75. The van der Waals surface area contributed by atoms with E-state index in [1.807, 2.05) is 79.7 Å². The van der Waals surface area contributed by atoms with Crippen molar-refractivity contribution in [1.29, 1.82) is 0 Å². The number of carbonyl (C=O) groups excluding carboxylic acids is 1. The molecule has 1 N–H and O–H groups in total. The van der Waals surface area contributed by atoms with Gasteiger partial charge in [-0.2, -0.15) is 0 Å². The molecule has 28 heavy (non-hydrogen) atoms. The zero-order valence-electron chi connectivity index (χ0n) is 15.5. The molecule has 0 aliphatic heterocycles. The molecule has 0 fully saturated rings. The van der Waals surface area contributed by atoms with E-state index in [4.69, 9.17) is 4.42 Å². The fraction of sp³-hybridized carbons (Fsp3) is 0.130. The smallest absolute Gasteiger partial charge is 0.230 e. The summed E-state index contributed by atoms with van der Waals surface area (Å²) in [5, 5.41) is 2.96. The van der Waals surface area contributed by atoms with Crippen molar-refractivity contribution in [2.24, 2.45) is 0 Å². The third-order valence-corrected chi connectivity index (χ3v) is 5.36. The maximum atomic E-state index is 12.0. The molecular weight excluding hydrogens is 368 g/mol. The van der Waals surface area contributed by atoms with Crippen LogP contribution in [-0.4, -0.2) is 16.6 Å². The van der Waals surface area contributed by atoms with Gasteiger partial charge in [0.1, 0.15) is 5.52 Å². The minimum atomic E-state index is 0.0206. The fourth-order valence-electron chi connectivity index (χ4n) is 2.84. The number of amides is 1. The Hall–Kier alpha value is -3.05. The summed E-state index contributed by atoms with van der Waals surface area (Å²) in [6, 6.07) is 23.8. The molecule has 4 aromatic rings. The van der Waals surface area contributed by atoms with Gasteiger partial charge in [0.25, 0.3) is 0 Å². The molecule has 1 amide bonds. The van der Waals surface area contributed by atoms with Crippen molar-refractivity contribution < 1.29 is 9.21 Å². The van der Waals surface area contributed by atoms with Crippen LogP contribution in [0.2, 0.25) is 0 Å². The Kier molecular flexibility index (Phi) is 5.44. The Morgan fingerprint density at radius 3 is 2.61 bits per heavy atom. The van der Waals surface area contributed by atoms with Crippen LogP contribution >= 0.6 is 11.8 Å². The van der Waals surface area contributed by atoms with E-state index in [0.717, 1.165) is 32.7 Å². The number of aryl methyl sites for hydroxylation is 1. The highest BCUT2D eigenvalue weighted by Crippen LogP contribution is 2.25. The monoisotopic (exact) mass is 388 g/mol. The minimum Gasteiger partial charge on any atom is -0.436 e. The zero-order valence-corrected chi connectivity index (χ0v) is 16.3. The van der Waals surface area contributed by atoms with E-state index in [1.54, 1.807) is 0 Å². The van der Waals surface area contributed by atoms with Crippen molar-refractivity contribution >= 4 is 28.8 Å². The fourth-order valence-corrected chi connectivity index (χ4v) is 3.59. The van der Waals surface area contributed by atoms with E-state index in [2.05, 4.69) is 10.3 Å². The molecule has 1 heterocycles. The number of nitrogens with one attached hydrogen (secondary N) is 1. The predicted octanol–water partition coefficient (Wildman–Crippen LogP) is 5.21. The average molecular weight is 388 g/mol. The summed E-state index contributed by atoms with van der Waals surface area (Å²) in [7, 11) is 0. The van der Waals surface area contributed by atoms with Gasteiger partial charge in [-0.3, -0.25) is 4.79 Å². The normalized spacial score (nSPS) is 10.9. The standard InChI is InChI=1S/C23H20N2O2S/c1-16-7-12-20-21(13-16)27-23(25-20)18-10-8-17(9-11-18)14-24-22(26)15-28-19-5-3-2-4-6-19/h2-13H,14-15H2,1H3,(H,24,26). The van der Waals surface area contributed by atoms with Gasteiger partial charge in [-0.25, -0.2) is 4.98 Å². The number of fused-ring (bicyclic) bond motifs is 1. The number of aromatic nitrogens is 1. The van der Waals surface area contributed by atoms with Crippen LogP contribution in [0.4, 0.5) is 0 Å². The second-order valence-corrected chi connectivity index (χ2v) is 7.61. The molecule has 0 saturated carbocycles. The topological polar surface area (TPSA) is 55.1 Å². The van der Waals surface area contributed by atoms with E-state index in [1.165, 1.54) is 11.8 Å². The Labute approximate surface area is 168 Å². The van der Waals surface area contributed by atoms with Gasteiger partial charge in [0.15, 0.2) is 5.58 Å². The Bertz CT molecular complexity index is 1090. The van der Waals surface area contributed by atoms with E-state index >= 15 is 0 Å². The maximum absolute atomic E-state index is 12.0. The summed E-state index contributed by atoms with van der Waals surface area (Å²) in [5.74, 6) is 1.03. The molecule has 0 saturated heterocycles. The van der Waals surface area contributed by atoms with Gasteiger partial charge in [0, 0.05) is 17.0 Å². The summed E-state index contributed by atoms with van der Waals surface area (Å²) in [6.45, 7) is 2.53. The number of carbonyl (C=O) groups is 1. The first-order valence-electron chi connectivity index (χ1n) is 9.08. The number of rotatable bonds is 6. The number of hydrogen-bond donors (Lipinski definition) is 1. The van der Waals surface area contributed by atoms with Crippen molar-refractivity contribution in [2.75, 3.05) is 5.75 Å². The summed E-state index contributed by atoms with van der Waals surface area (Å²) >= 11 is 1.53. The molecule has 4 nitrogen and oxygen atoms in total. The maximum Gasteiger partial charge on any atom is 0.230 e. The third-order valence-electron chi connectivity index (χ3n) is 4.35. The second-order valence-electron chi connectivity index (χ2n) is 6.57. The molecule has 1 aromatic heterocycles. The van der Waals surface area contributed by atoms with Crippen LogP contribution in [0.3, 0.4) is 0 Å². The van der Waals surface area contributed by atoms with Crippen LogP contribution < -0.4 is 5.32 Å². The molecule has 0 radical (unpaired) electrons. The van der Waals surface area contributed by atoms with Crippen LogP contribution in [-0.2, 0) is 11.3 Å². The van der Waals surface area contributed by atoms with E-state index in [-0.39, 0.29) is 5.91 Å². The molecule has 5 heteroatoms. The lowest BCUT2D eigenvalue weighted by Gasteiger charge is -2.06. The predicted molar refractivity (Wildman–Crippen MR) is 113 cm³/mol. The Morgan fingerprint density at radius 2 is 1.82 bits per heavy atom. The van der Waals surface area contributed by atoms with Gasteiger partial charge >= 0.3 is 0 Å². The van der Waals surface area contributed by atoms with Gasteiger partial charge in [-0.15, -0.1) is 11.8 Å². The van der Waals surface area contributed by atoms with Gasteiger partial charge in [0.05, 0.1) is 5.75 Å². The van der Waals surface area contributed by atoms with Crippen molar-refractivity contribution in [3.63, 3.8) is 0 Å². The molecule has 4 rings (SSSR count). The number of oxazole rings is 1.